The molecule has 3 rings (SSSR count). The summed E-state index contributed by atoms with van der Waals surface area (Å²) in [7, 11) is 3.67. The summed E-state index contributed by atoms with van der Waals surface area (Å²) in [5.41, 5.74) is -0.309. The van der Waals surface area contributed by atoms with Crippen LogP contribution in [0.3, 0.4) is 0 Å². The number of likely N-dealkylation sites (N-methyl/N-ethyl adjacent to an activating group) is 1. The molecule has 1 N–H and O–H groups in total. The summed E-state index contributed by atoms with van der Waals surface area (Å²) >= 11 is 0. The highest BCUT2D eigenvalue weighted by molar-refractivity contribution is 6.46. The molecule has 1 saturated heterocycles. The second-order valence-corrected chi connectivity index (χ2v) is 6.62. The average Bonchev–Trinajstić information content (AvgIpc) is 3.27. The van der Waals surface area contributed by atoms with Crippen LogP contribution in [0.1, 0.15) is 17.4 Å². The Kier molecular flexibility index (Phi) is 5.27. The van der Waals surface area contributed by atoms with Gasteiger partial charge in [-0.3, -0.25) is 19.7 Å². The fraction of sp³-hybridized carbons (Fsp3) is 0.263. The molecular formula is C19H19N3O6. The molecule has 2 aromatic rings. The van der Waals surface area contributed by atoms with Gasteiger partial charge in [-0.15, -0.1) is 0 Å². The van der Waals surface area contributed by atoms with Gasteiger partial charge in [0.05, 0.1) is 16.8 Å². The second-order valence-electron chi connectivity index (χ2n) is 6.62. The molecule has 1 aliphatic heterocycles. The Morgan fingerprint density at radius 2 is 2.04 bits per heavy atom. The van der Waals surface area contributed by atoms with Gasteiger partial charge in [-0.2, -0.15) is 0 Å². The van der Waals surface area contributed by atoms with Crippen molar-refractivity contribution in [3.63, 3.8) is 0 Å². The van der Waals surface area contributed by atoms with Crippen molar-refractivity contribution in [1.82, 2.24) is 9.80 Å². The number of ketones is 1. The predicted molar refractivity (Wildman–Crippen MR) is 99.4 cm³/mol. The molecular weight excluding hydrogens is 366 g/mol. The monoisotopic (exact) mass is 385 g/mol. The van der Waals surface area contributed by atoms with Crippen LogP contribution in [0.25, 0.3) is 5.76 Å². The van der Waals surface area contributed by atoms with E-state index >= 15 is 0 Å². The number of rotatable bonds is 6. The van der Waals surface area contributed by atoms with Crippen LogP contribution in [0.15, 0.2) is 52.7 Å². The Bertz CT molecular complexity index is 948. The minimum absolute atomic E-state index is 0.0800. The number of benzene rings is 1. The van der Waals surface area contributed by atoms with Gasteiger partial charge in [-0.1, -0.05) is 12.1 Å². The first-order valence-electron chi connectivity index (χ1n) is 8.52. The first kappa shape index (κ1) is 19.3. The van der Waals surface area contributed by atoms with Crippen LogP contribution in [0.4, 0.5) is 5.69 Å². The summed E-state index contributed by atoms with van der Waals surface area (Å²) in [4.78, 5) is 38.9. The van der Waals surface area contributed by atoms with E-state index in [0.29, 0.717) is 12.3 Å². The van der Waals surface area contributed by atoms with Crippen LogP contribution in [-0.2, 0) is 9.59 Å². The van der Waals surface area contributed by atoms with Gasteiger partial charge in [0, 0.05) is 30.8 Å². The number of nitrogens with zero attached hydrogens (tertiary/aromatic N) is 3. The zero-order valence-electron chi connectivity index (χ0n) is 15.4. The normalized spacial score (nSPS) is 18.8. The lowest BCUT2D eigenvalue weighted by Crippen LogP contribution is -2.35. The van der Waals surface area contributed by atoms with Crippen molar-refractivity contribution in [1.29, 1.82) is 0 Å². The number of hydrogen-bond acceptors (Lipinski definition) is 7. The maximum atomic E-state index is 12.7. The van der Waals surface area contributed by atoms with E-state index in [2.05, 4.69) is 0 Å². The Hall–Kier alpha value is -3.46. The molecule has 9 heteroatoms. The number of aliphatic hydroxyl groups excluding tert-OH is 1. The number of aliphatic hydroxyl groups is 1. The van der Waals surface area contributed by atoms with Crippen LogP contribution >= 0.6 is 0 Å². The summed E-state index contributed by atoms with van der Waals surface area (Å²) in [6, 6.07) is 7.59. The fourth-order valence-corrected chi connectivity index (χ4v) is 3.08. The van der Waals surface area contributed by atoms with Crippen LogP contribution in [0, 0.1) is 10.1 Å². The van der Waals surface area contributed by atoms with Crippen molar-refractivity contribution in [3.05, 3.63) is 69.7 Å². The van der Waals surface area contributed by atoms with Crippen molar-refractivity contribution in [3.8, 4) is 0 Å². The van der Waals surface area contributed by atoms with E-state index in [1.807, 2.05) is 19.0 Å². The molecule has 2 heterocycles. The number of furan rings is 1. The molecule has 1 amide bonds. The van der Waals surface area contributed by atoms with E-state index in [4.69, 9.17) is 4.42 Å². The highest BCUT2D eigenvalue weighted by Gasteiger charge is 2.47. The van der Waals surface area contributed by atoms with Crippen molar-refractivity contribution in [2.24, 2.45) is 0 Å². The zero-order chi connectivity index (χ0) is 20.4. The van der Waals surface area contributed by atoms with Crippen LogP contribution in [-0.4, -0.2) is 58.7 Å². The van der Waals surface area contributed by atoms with E-state index in [9.17, 15) is 24.8 Å². The van der Waals surface area contributed by atoms with Crippen molar-refractivity contribution < 1.29 is 24.0 Å². The number of Topliss-reactive ketones (excluding diaryl/α,β-unsaturated/α-hetero) is 1. The first-order valence-corrected chi connectivity index (χ1v) is 8.52. The van der Waals surface area contributed by atoms with Crippen molar-refractivity contribution in [2.45, 2.75) is 6.04 Å². The number of amides is 1. The Morgan fingerprint density at radius 1 is 1.29 bits per heavy atom. The lowest BCUT2D eigenvalue weighted by molar-refractivity contribution is -0.384. The molecule has 146 valence electrons. The van der Waals surface area contributed by atoms with Crippen LogP contribution in [0.5, 0.6) is 0 Å². The molecule has 1 fully saturated rings. The second kappa shape index (κ2) is 7.65. The third kappa shape index (κ3) is 3.52. The minimum Gasteiger partial charge on any atom is -0.507 e. The van der Waals surface area contributed by atoms with E-state index in [0.717, 1.165) is 6.07 Å². The van der Waals surface area contributed by atoms with Crippen molar-refractivity contribution in [2.75, 3.05) is 27.2 Å². The van der Waals surface area contributed by atoms with Crippen LogP contribution in [0.2, 0.25) is 0 Å². The predicted octanol–water partition coefficient (Wildman–Crippen LogP) is 2.17. The number of likely N-dealkylation sites (tertiary alicyclic amines) is 1. The molecule has 1 aromatic carbocycles. The quantitative estimate of drug-likeness (QED) is 0.266. The highest BCUT2D eigenvalue weighted by Crippen LogP contribution is 2.39. The summed E-state index contributed by atoms with van der Waals surface area (Å²) in [6.07, 6.45) is 1.41. The molecule has 1 aliphatic rings. The molecule has 28 heavy (non-hydrogen) atoms. The van der Waals surface area contributed by atoms with E-state index < -0.39 is 28.4 Å². The number of nitro groups is 1. The zero-order valence-corrected chi connectivity index (χ0v) is 15.4. The van der Waals surface area contributed by atoms with Crippen molar-refractivity contribution >= 4 is 23.1 Å². The third-order valence-electron chi connectivity index (χ3n) is 4.47. The number of carbonyl (C=O) groups excluding carboxylic acids is 2. The van der Waals surface area contributed by atoms with Gasteiger partial charge in [0.2, 0.25) is 0 Å². The topological polar surface area (TPSA) is 117 Å². The molecule has 9 nitrogen and oxygen atoms in total. The Labute approximate surface area is 160 Å². The van der Waals surface area contributed by atoms with Gasteiger partial charge in [0.1, 0.15) is 17.6 Å². The SMILES string of the molecule is CN(C)CCN1C(=O)C(=O)/C(=C(\O)c2cccc([N+](=O)[O-])c2)C1c1ccco1. The molecule has 1 atom stereocenters. The standard InChI is InChI=1S/C19H19N3O6/c1-20(2)8-9-21-16(14-7-4-10-28-14)15(18(24)19(21)25)17(23)12-5-3-6-13(11-12)22(26)27/h3-7,10-11,16,23H,8-9H2,1-2H3/b17-15-. The molecule has 0 bridgehead atoms. The minimum atomic E-state index is -0.908. The van der Waals surface area contributed by atoms with Gasteiger partial charge in [0.15, 0.2) is 0 Å². The fourth-order valence-electron chi connectivity index (χ4n) is 3.08. The summed E-state index contributed by atoms with van der Waals surface area (Å²) in [5, 5.41) is 21.8. The van der Waals surface area contributed by atoms with Gasteiger partial charge >= 0.3 is 0 Å². The van der Waals surface area contributed by atoms with Crippen LogP contribution < -0.4 is 0 Å². The van der Waals surface area contributed by atoms with E-state index in [1.165, 1.54) is 29.4 Å². The maximum Gasteiger partial charge on any atom is 0.295 e. The third-order valence-corrected chi connectivity index (χ3v) is 4.47. The highest BCUT2D eigenvalue weighted by atomic mass is 16.6. The number of hydrogen-bond donors (Lipinski definition) is 1. The number of nitro benzene ring substituents is 1. The first-order chi connectivity index (χ1) is 13.3. The number of carbonyl (C=O) groups is 2. The smallest absolute Gasteiger partial charge is 0.295 e. The molecule has 0 radical (unpaired) electrons. The van der Waals surface area contributed by atoms with Gasteiger partial charge in [0.25, 0.3) is 17.4 Å². The lowest BCUT2D eigenvalue weighted by Gasteiger charge is -2.24. The molecule has 0 saturated carbocycles. The average molecular weight is 385 g/mol. The van der Waals surface area contributed by atoms with E-state index in [-0.39, 0.29) is 23.4 Å². The molecule has 1 unspecified atom stereocenters. The summed E-state index contributed by atoms with van der Waals surface area (Å²) in [5.74, 6) is -1.76. The molecule has 1 aromatic heterocycles. The lowest BCUT2D eigenvalue weighted by atomic mass is 9.99. The molecule has 0 spiro atoms. The van der Waals surface area contributed by atoms with Gasteiger partial charge in [-0.05, 0) is 26.2 Å². The molecule has 0 aliphatic carbocycles. The van der Waals surface area contributed by atoms with Gasteiger partial charge < -0.3 is 19.3 Å². The summed E-state index contributed by atoms with van der Waals surface area (Å²) in [6.45, 7) is 0.746. The Balaban J connectivity index is 2.12. The summed E-state index contributed by atoms with van der Waals surface area (Å²) < 4.78 is 5.42. The Morgan fingerprint density at radius 3 is 2.64 bits per heavy atom. The number of non-ortho nitro benzene ring substituents is 1. The largest absolute Gasteiger partial charge is 0.507 e. The van der Waals surface area contributed by atoms with Gasteiger partial charge in [-0.25, -0.2) is 0 Å². The van der Waals surface area contributed by atoms with E-state index in [1.54, 1.807) is 12.1 Å². The maximum absolute atomic E-state index is 12.7.